The summed E-state index contributed by atoms with van der Waals surface area (Å²) in [5, 5.41) is 11.7. The van der Waals surface area contributed by atoms with E-state index in [4.69, 9.17) is 33.3 Å². The van der Waals surface area contributed by atoms with Crippen molar-refractivity contribution in [2.75, 3.05) is 7.11 Å². The minimum atomic E-state index is -0.448. The molecule has 0 saturated heterocycles. The number of aromatic nitrogens is 1. The maximum Gasteiger partial charge on any atom is 0.337 e. The van der Waals surface area contributed by atoms with E-state index in [0.29, 0.717) is 35.4 Å². The van der Waals surface area contributed by atoms with E-state index in [9.17, 15) is 9.59 Å². The summed E-state index contributed by atoms with van der Waals surface area (Å²) in [6, 6.07) is 8.14. The zero-order chi connectivity index (χ0) is 21.0. The number of hydrogen-bond donors (Lipinski definition) is 2. The van der Waals surface area contributed by atoms with Gasteiger partial charge in [-0.15, -0.1) is 0 Å². The third-order valence-electron chi connectivity index (χ3n) is 4.71. The first kappa shape index (κ1) is 21.0. The van der Waals surface area contributed by atoms with Crippen molar-refractivity contribution in [3.63, 3.8) is 0 Å². The highest BCUT2D eigenvalue weighted by Crippen LogP contribution is 2.28. The minimum Gasteiger partial charge on any atom is -0.465 e. The van der Waals surface area contributed by atoms with Crippen LogP contribution < -0.4 is 5.32 Å². The van der Waals surface area contributed by atoms with Gasteiger partial charge in [0.05, 0.1) is 29.0 Å². The second-order valence-corrected chi connectivity index (χ2v) is 7.29. The summed E-state index contributed by atoms with van der Waals surface area (Å²) < 4.78 is 4.70. The summed E-state index contributed by atoms with van der Waals surface area (Å²) >= 11 is 12.1. The summed E-state index contributed by atoms with van der Waals surface area (Å²) in [5.41, 5.74) is 2.92. The fourth-order valence-electron chi connectivity index (χ4n) is 3.20. The summed E-state index contributed by atoms with van der Waals surface area (Å²) in [6.45, 7) is 0. The number of halogens is 2. The molecule has 6 nitrogen and oxygen atoms in total. The number of rotatable bonds is 5. The molecule has 2 aromatic rings. The van der Waals surface area contributed by atoms with E-state index in [1.807, 2.05) is 0 Å². The summed E-state index contributed by atoms with van der Waals surface area (Å²) in [6.07, 6.45) is 4.56. The molecule has 29 heavy (non-hydrogen) atoms. The largest absolute Gasteiger partial charge is 0.465 e. The molecule has 0 radical (unpaired) electrons. The van der Waals surface area contributed by atoms with E-state index in [1.165, 1.54) is 19.4 Å². The predicted octanol–water partition coefficient (Wildman–Crippen LogP) is 4.80. The smallest absolute Gasteiger partial charge is 0.337 e. The molecule has 150 valence electrons. The second kappa shape index (κ2) is 9.20. The monoisotopic (exact) mass is 431 g/mol. The Kier molecular flexibility index (Phi) is 6.67. The topological polar surface area (TPSA) is 92.1 Å². The van der Waals surface area contributed by atoms with Crippen LogP contribution in [0.3, 0.4) is 0 Å². The van der Waals surface area contributed by atoms with Crippen LogP contribution in [0, 0.1) is 5.41 Å². The maximum atomic E-state index is 12.7. The lowest BCUT2D eigenvalue weighted by atomic mass is 9.89. The highest BCUT2D eigenvalue weighted by Gasteiger charge is 2.22. The van der Waals surface area contributed by atoms with E-state index in [1.54, 1.807) is 24.3 Å². The standard InChI is InChI=1S/C21H19Cl2N3O3/c1-29-21(28)13-8-6-12(7-9-13)18(24)14-4-2-3-5-16(14)26-20(27)17-15(22)10-11-25-19(17)23/h6-11,24H,2-5H2,1H3,(H,26,27). The van der Waals surface area contributed by atoms with Gasteiger partial charge < -0.3 is 10.1 Å². The predicted molar refractivity (Wildman–Crippen MR) is 112 cm³/mol. The number of methoxy groups -OCH3 is 1. The van der Waals surface area contributed by atoms with Gasteiger partial charge in [0.15, 0.2) is 0 Å². The fraction of sp³-hybridized carbons (Fsp3) is 0.238. The molecule has 0 saturated carbocycles. The molecule has 0 aliphatic heterocycles. The van der Waals surface area contributed by atoms with E-state index in [-0.39, 0.29) is 15.7 Å². The van der Waals surface area contributed by atoms with Crippen LogP contribution in [0.2, 0.25) is 10.2 Å². The van der Waals surface area contributed by atoms with Crippen LogP contribution in [-0.4, -0.2) is 29.7 Å². The van der Waals surface area contributed by atoms with Gasteiger partial charge in [0.2, 0.25) is 0 Å². The molecule has 0 bridgehead atoms. The van der Waals surface area contributed by atoms with E-state index >= 15 is 0 Å². The van der Waals surface area contributed by atoms with Gasteiger partial charge in [0.1, 0.15) is 5.15 Å². The van der Waals surface area contributed by atoms with Gasteiger partial charge in [0.25, 0.3) is 5.91 Å². The Balaban J connectivity index is 1.88. The Morgan fingerprint density at radius 3 is 2.38 bits per heavy atom. The van der Waals surface area contributed by atoms with Crippen molar-refractivity contribution in [2.45, 2.75) is 25.7 Å². The van der Waals surface area contributed by atoms with Crippen molar-refractivity contribution < 1.29 is 14.3 Å². The van der Waals surface area contributed by atoms with Crippen molar-refractivity contribution >= 4 is 40.8 Å². The molecular weight excluding hydrogens is 413 g/mol. The van der Waals surface area contributed by atoms with Gasteiger partial charge >= 0.3 is 5.97 Å². The number of allylic oxidation sites excluding steroid dienone is 2. The molecule has 8 heteroatoms. The molecule has 1 amide bonds. The highest BCUT2D eigenvalue weighted by atomic mass is 35.5. The molecule has 1 aromatic carbocycles. The Bertz CT molecular complexity index is 980. The second-order valence-electron chi connectivity index (χ2n) is 6.52. The average Bonchev–Trinajstić information content (AvgIpc) is 2.73. The number of carbonyl (C=O) groups is 2. The normalized spacial score (nSPS) is 13.8. The van der Waals surface area contributed by atoms with Crippen LogP contribution in [-0.2, 0) is 4.74 Å². The average molecular weight is 432 g/mol. The molecular formula is C21H19Cl2N3O3. The maximum absolute atomic E-state index is 12.7. The Morgan fingerprint density at radius 2 is 1.72 bits per heavy atom. The van der Waals surface area contributed by atoms with Crippen LogP contribution in [0.4, 0.5) is 0 Å². The number of ether oxygens (including phenoxy) is 1. The van der Waals surface area contributed by atoms with Gasteiger partial charge in [-0.05, 0) is 55.0 Å². The first-order valence-electron chi connectivity index (χ1n) is 9.03. The Morgan fingerprint density at radius 1 is 1.07 bits per heavy atom. The molecule has 1 aromatic heterocycles. The van der Waals surface area contributed by atoms with Gasteiger partial charge in [-0.3, -0.25) is 10.2 Å². The quantitative estimate of drug-likeness (QED) is 0.403. The van der Waals surface area contributed by atoms with Crippen molar-refractivity contribution in [1.82, 2.24) is 10.3 Å². The number of nitrogens with zero attached hydrogens (tertiary/aromatic N) is 1. The van der Waals surface area contributed by atoms with Crippen LogP contribution in [0.5, 0.6) is 0 Å². The van der Waals surface area contributed by atoms with Gasteiger partial charge in [-0.25, -0.2) is 9.78 Å². The van der Waals surface area contributed by atoms with Gasteiger partial charge in [0, 0.05) is 11.9 Å². The zero-order valence-corrected chi connectivity index (χ0v) is 17.2. The molecule has 0 unspecified atom stereocenters. The summed E-state index contributed by atoms with van der Waals surface area (Å²) in [4.78, 5) is 28.2. The molecule has 0 fully saturated rings. The number of nitrogens with one attached hydrogen (secondary N) is 2. The van der Waals surface area contributed by atoms with Crippen molar-refractivity contribution in [2.24, 2.45) is 0 Å². The number of hydrogen-bond acceptors (Lipinski definition) is 5. The summed E-state index contributed by atoms with van der Waals surface area (Å²) in [5.74, 6) is -0.880. The van der Waals surface area contributed by atoms with E-state index in [0.717, 1.165) is 18.4 Å². The molecule has 0 atom stereocenters. The number of pyridine rings is 1. The lowest BCUT2D eigenvalue weighted by Gasteiger charge is -2.22. The third-order valence-corrected chi connectivity index (χ3v) is 5.31. The lowest BCUT2D eigenvalue weighted by Crippen LogP contribution is -2.28. The molecule has 3 rings (SSSR count). The van der Waals surface area contributed by atoms with Crippen LogP contribution >= 0.6 is 23.2 Å². The van der Waals surface area contributed by atoms with Gasteiger partial charge in [-0.1, -0.05) is 35.3 Å². The lowest BCUT2D eigenvalue weighted by molar-refractivity contribution is 0.0600. The third kappa shape index (κ3) is 4.66. The summed E-state index contributed by atoms with van der Waals surface area (Å²) in [7, 11) is 1.32. The van der Waals surface area contributed by atoms with Crippen LogP contribution in [0.15, 0.2) is 47.8 Å². The SMILES string of the molecule is COC(=O)c1ccc(C(=N)C2=C(NC(=O)c3c(Cl)ccnc3Cl)CCCC2)cc1. The van der Waals surface area contributed by atoms with Gasteiger partial charge in [-0.2, -0.15) is 0 Å². The molecule has 0 spiro atoms. The van der Waals surface area contributed by atoms with Crippen molar-refractivity contribution in [1.29, 1.82) is 5.41 Å². The number of carbonyl (C=O) groups excluding carboxylic acids is 2. The van der Waals surface area contributed by atoms with Crippen molar-refractivity contribution in [3.8, 4) is 0 Å². The molecule has 2 N–H and O–H groups in total. The van der Waals surface area contributed by atoms with Crippen LogP contribution in [0.1, 0.15) is 52.0 Å². The van der Waals surface area contributed by atoms with E-state index in [2.05, 4.69) is 10.3 Å². The highest BCUT2D eigenvalue weighted by molar-refractivity contribution is 6.39. The Labute approximate surface area is 178 Å². The minimum absolute atomic E-state index is 0.0291. The fourth-order valence-corrected chi connectivity index (χ4v) is 3.72. The zero-order valence-electron chi connectivity index (χ0n) is 15.7. The molecule has 1 heterocycles. The number of esters is 1. The number of benzene rings is 1. The van der Waals surface area contributed by atoms with Crippen molar-refractivity contribution in [3.05, 3.63) is 74.7 Å². The first-order chi connectivity index (χ1) is 13.9. The molecule has 1 aliphatic carbocycles. The molecule has 1 aliphatic rings. The van der Waals surface area contributed by atoms with E-state index < -0.39 is 11.9 Å². The number of amides is 1. The van der Waals surface area contributed by atoms with Crippen LogP contribution in [0.25, 0.3) is 0 Å². The first-order valence-corrected chi connectivity index (χ1v) is 9.79. The Hall–Kier alpha value is -2.70.